The van der Waals surface area contributed by atoms with Gasteiger partial charge in [-0.25, -0.2) is 0 Å². The highest BCUT2D eigenvalue weighted by Gasteiger charge is 2.10. The summed E-state index contributed by atoms with van der Waals surface area (Å²) in [4.78, 5) is 24.3. The number of rotatable bonds is 9. The quantitative estimate of drug-likeness (QED) is 0.425. The summed E-state index contributed by atoms with van der Waals surface area (Å²) in [6, 6.07) is 13.9. The SMILES string of the molecule is CCCCOc1cccc(C(=O)NC(=S)Nc2ccc(C(=O)NCCC)cc2)c1. The lowest BCUT2D eigenvalue weighted by molar-refractivity contribution is 0.0951. The number of amides is 2. The molecule has 0 saturated heterocycles. The minimum Gasteiger partial charge on any atom is -0.494 e. The molecule has 0 fully saturated rings. The van der Waals surface area contributed by atoms with Crippen molar-refractivity contribution in [2.75, 3.05) is 18.5 Å². The molecule has 29 heavy (non-hydrogen) atoms. The molecule has 0 aliphatic heterocycles. The number of nitrogens with one attached hydrogen (secondary N) is 3. The van der Waals surface area contributed by atoms with Crippen LogP contribution in [0.25, 0.3) is 0 Å². The molecule has 0 saturated carbocycles. The van der Waals surface area contributed by atoms with Crippen molar-refractivity contribution in [1.29, 1.82) is 0 Å². The Labute approximate surface area is 177 Å². The Morgan fingerprint density at radius 1 is 0.966 bits per heavy atom. The summed E-state index contributed by atoms with van der Waals surface area (Å²) >= 11 is 5.22. The summed E-state index contributed by atoms with van der Waals surface area (Å²) in [5.74, 6) is 0.219. The maximum atomic E-state index is 12.4. The summed E-state index contributed by atoms with van der Waals surface area (Å²) in [6.45, 7) is 5.35. The van der Waals surface area contributed by atoms with E-state index in [4.69, 9.17) is 17.0 Å². The fraction of sp³-hybridized carbons (Fsp3) is 0.318. The number of unbranched alkanes of at least 4 members (excludes halogenated alkanes) is 1. The van der Waals surface area contributed by atoms with Gasteiger partial charge in [0, 0.05) is 23.4 Å². The molecule has 6 nitrogen and oxygen atoms in total. The van der Waals surface area contributed by atoms with Gasteiger partial charge in [-0.3, -0.25) is 14.9 Å². The number of ether oxygens (including phenoxy) is 1. The first-order valence-corrected chi connectivity index (χ1v) is 10.2. The Kier molecular flexibility index (Phi) is 9.11. The van der Waals surface area contributed by atoms with Crippen LogP contribution in [0.3, 0.4) is 0 Å². The van der Waals surface area contributed by atoms with Crippen LogP contribution in [0.5, 0.6) is 5.75 Å². The van der Waals surface area contributed by atoms with Gasteiger partial charge in [0.15, 0.2) is 5.11 Å². The van der Waals surface area contributed by atoms with Gasteiger partial charge < -0.3 is 15.4 Å². The molecule has 3 N–H and O–H groups in total. The standard InChI is InChI=1S/C22H27N3O3S/c1-3-5-14-28-19-8-6-7-17(15-19)21(27)25-22(29)24-18-11-9-16(10-12-18)20(26)23-13-4-2/h6-12,15H,3-5,13-14H2,1-2H3,(H,23,26)(H2,24,25,27,29). The van der Waals surface area contributed by atoms with Gasteiger partial charge in [-0.2, -0.15) is 0 Å². The van der Waals surface area contributed by atoms with Gasteiger partial charge in [-0.15, -0.1) is 0 Å². The molecule has 2 aromatic carbocycles. The van der Waals surface area contributed by atoms with Crippen LogP contribution in [0.4, 0.5) is 5.69 Å². The normalized spacial score (nSPS) is 10.1. The third-order valence-electron chi connectivity index (χ3n) is 4.03. The molecule has 0 unspecified atom stereocenters. The van der Waals surface area contributed by atoms with Crippen molar-refractivity contribution >= 4 is 34.8 Å². The van der Waals surface area contributed by atoms with E-state index in [0.29, 0.717) is 35.7 Å². The summed E-state index contributed by atoms with van der Waals surface area (Å²) in [6.07, 6.45) is 2.89. The number of anilines is 1. The van der Waals surface area contributed by atoms with Crippen molar-refractivity contribution in [3.63, 3.8) is 0 Å². The monoisotopic (exact) mass is 413 g/mol. The molecular formula is C22H27N3O3S. The lowest BCUT2D eigenvalue weighted by atomic mass is 10.2. The van der Waals surface area contributed by atoms with Crippen LogP contribution in [0.1, 0.15) is 53.8 Å². The molecule has 0 radical (unpaired) electrons. The van der Waals surface area contributed by atoms with Crippen LogP contribution >= 0.6 is 12.2 Å². The number of benzene rings is 2. The van der Waals surface area contributed by atoms with E-state index in [9.17, 15) is 9.59 Å². The van der Waals surface area contributed by atoms with Crippen LogP contribution in [0, 0.1) is 0 Å². The number of thiocarbonyl (C=S) groups is 1. The zero-order chi connectivity index (χ0) is 21.1. The van der Waals surface area contributed by atoms with Gasteiger partial charge in [0.2, 0.25) is 0 Å². The van der Waals surface area contributed by atoms with Crippen LogP contribution in [0.15, 0.2) is 48.5 Å². The maximum absolute atomic E-state index is 12.4. The summed E-state index contributed by atoms with van der Waals surface area (Å²) in [5, 5.41) is 8.59. The summed E-state index contributed by atoms with van der Waals surface area (Å²) < 4.78 is 5.63. The Bertz CT molecular complexity index is 837. The molecule has 0 aliphatic rings. The van der Waals surface area contributed by atoms with E-state index in [-0.39, 0.29) is 16.9 Å². The molecule has 0 spiro atoms. The molecule has 0 atom stereocenters. The number of hydrogen-bond donors (Lipinski definition) is 3. The molecule has 7 heteroatoms. The van der Waals surface area contributed by atoms with E-state index in [1.54, 1.807) is 42.5 Å². The number of carbonyl (C=O) groups is 2. The molecule has 0 bridgehead atoms. The first-order valence-electron chi connectivity index (χ1n) is 9.77. The van der Waals surface area contributed by atoms with Crippen molar-refractivity contribution in [2.45, 2.75) is 33.1 Å². The van der Waals surface area contributed by atoms with Gasteiger partial charge in [0.25, 0.3) is 11.8 Å². The first kappa shape index (κ1) is 22.4. The fourth-order valence-corrected chi connectivity index (χ4v) is 2.66. The average Bonchev–Trinajstić information content (AvgIpc) is 2.73. The second-order valence-corrected chi connectivity index (χ2v) is 6.88. The second-order valence-electron chi connectivity index (χ2n) is 6.47. The zero-order valence-corrected chi connectivity index (χ0v) is 17.6. The highest BCUT2D eigenvalue weighted by Crippen LogP contribution is 2.14. The van der Waals surface area contributed by atoms with E-state index >= 15 is 0 Å². The van der Waals surface area contributed by atoms with Crippen LogP contribution in [-0.4, -0.2) is 30.1 Å². The lowest BCUT2D eigenvalue weighted by Gasteiger charge is -2.11. The van der Waals surface area contributed by atoms with Crippen molar-refractivity contribution in [3.05, 3.63) is 59.7 Å². The molecule has 154 valence electrons. The van der Waals surface area contributed by atoms with Crippen molar-refractivity contribution in [2.24, 2.45) is 0 Å². The van der Waals surface area contributed by atoms with Gasteiger partial charge in [-0.1, -0.05) is 26.3 Å². The predicted octanol–water partition coefficient (Wildman–Crippen LogP) is 4.13. The highest BCUT2D eigenvalue weighted by molar-refractivity contribution is 7.80. The summed E-state index contributed by atoms with van der Waals surface area (Å²) in [5.41, 5.74) is 1.71. The van der Waals surface area contributed by atoms with Crippen molar-refractivity contribution < 1.29 is 14.3 Å². The Morgan fingerprint density at radius 2 is 1.72 bits per heavy atom. The molecule has 0 heterocycles. The third-order valence-corrected chi connectivity index (χ3v) is 4.23. The van der Waals surface area contributed by atoms with Crippen molar-refractivity contribution in [3.8, 4) is 5.75 Å². The van der Waals surface area contributed by atoms with Crippen LogP contribution in [0.2, 0.25) is 0 Å². The number of hydrogen-bond acceptors (Lipinski definition) is 4. The minimum absolute atomic E-state index is 0.115. The first-order chi connectivity index (χ1) is 14.0. The van der Waals surface area contributed by atoms with Crippen molar-refractivity contribution in [1.82, 2.24) is 10.6 Å². The molecule has 2 aromatic rings. The predicted molar refractivity (Wildman–Crippen MR) is 120 cm³/mol. The van der Waals surface area contributed by atoms with Crippen LogP contribution < -0.4 is 20.7 Å². The van der Waals surface area contributed by atoms with E-state index in [1.807, 2.05) is 13.0 Å². The third kappa shape index (κ3) is 7.54. The minimum atomic E-state index is -0.320. The molecule has 2 rings (SSSR count). The van der Waals surface area contributed by atoms with E-state index in [2.05, 4.69) is 22.9 Å². The number of carbonyl (C=O) groups excluding carboxylic acids is 2. The topological polar surface area (TPSA) is 79.5 Å². The largest absolute Gasteiger partial charge is 0.494 e. The van der Waals surface area contributed by atoms with E-state index in [1.165, 1.54) is 0 Å². The molecule has 0 aromatic heterocycles. The fourth-order valence-electron chi connectivity index (χ4n) is 2.44. The van der Waals surface area contributed by atoms with Gasteiger partial charge in [0.1, 0.15) is 5.75 Å². The Hall–Kier alpha value is -2.93. The molecule has 2 amide bonds. The van der Waals surface area contributed by atoms with E-state index < -0.39 is 0 Å². The Morgan fingerprint density at radius 3 is 2.41 bits per heavy atom. The van der Waals surface area contributed by atoms with Gasteiger partial charge in [0.05, 0.1) is 6.61 Å². The van der Waals surface area contributed by atoms with E-state index in [0.717, 1.165) is 19.3 Å². The Balaban J connectivity index is 1.89. The zero-order valence-electron chi connectivity index (χ0n) is 16.8. The van der Waals surface area contributed by atoms with Crippen LogP contribution in [-0.2, 0) is 0 Å². The lowest BCUT2D eigenvalue weighted by Crippen LogP contribution is -2.34. The maximum Gasteiger partial charge on any atom is 0.257 e. The second kappa shape index (κ2) is 11.8. The molecular weight excluding hydrogens is 386 g/mol. The summed E-state index contributed by atoms with van der Waals surface area (Å²) in [7, 11) is 0. The van der Waals surface area contributed by atoms with Gasteiger partial charge in [-0.05, 0) is 67.5 Å². The molecule has 0 aliphatic carbocycles. The van der Waals surface area contributed by atoms with Gasteiger partial charge >= 0.3 is 0 Å². The average molecular weight is 414 g/mol. The smallest absolute Gasteiger partial charge is 0.257 e. The highest BCUT2D eigenvalue weighted by atomic mass is 32.1.